The molecule has 2 nitrogen and oxygen atoms in total. The molecule has 190 valence electrons. The third-order valence-electron chi connectivity index (χ3n) is 7.00. The molecule has 0 N–H and O–H groups in total. The van der Waals surface area contributed by atoms with Crippen LogP contribution in [0.5, 0.6) is 0 Å². The van der Waals surface area contributed by atoms with Gasteiger partial charge in [0.05, 0.1) is 11.4 Å². The highest BCUT2D eigenvalue weighted by Gasteiger charge is 2.04. The Morgan fingerprint density at radius 3 is 1.56 bits per heavy atom. The molecule has 0 aliphatic rings. The van der Waals surface area contributed by atoms with E-state index in [-0.39, 0.29) is 0 Å². The van der Waals surface area contributed by atoms with Crippen molar-refractivity contribution in [3.8, 4) is 11.4 Å². The lowest BCUT2D eigenvalue weighted by molar-refractivity contribution is 0.563. The van der Waals surface area contributed by atoms with Crippen molar-refractivity contribution in [2.45, 2.75) is 142 Å². The first-order valence-electron chi connectivity index (χ1n) is 14.7. The van der Waals surface area contributed by atoms with Crippen LogP contribution < -0.4 is 0 Å². The Morgan fingerprint density at radius 2 is 1.03 bits per heavy atom. The maximum absolute atomic E-state index is 4.90. The Balaban J connectivity index is 1.61. The molecule has 2 heterocycles. The smallest absolute Gasteiger partial charge is 0.0889 e. The summed E-state index contributed by atoms with van der Waals surface area (Å²) in [6.45, 7) is 4.57. The highest BCUT2D eigenvalue weighted by atomic mass is 14.8. The molecule has 0 saturated carbocycles. The fourth-order valence-electron chi connectivity index (χ4n) is 4.74. The molecule has 2 rings (SSSR count). The van der Waals surface area contributed by atoms with Crippen molar-refractivity contribution in [1.29, 1.82) is 0 Å². The van der Waals surface area contributed by atoms with Crippen LogP contribution in [-0.2, 0) is 12.8 Å². The van der Waals surface area contributed by atoms with Crippen LogP contribution in [0.4, 0.5) is 0 Å². The summed E-state index contributed by atoms with van der Waals surface area (Å²) < 4.78 is 0. The molecule has 34 heavy (non-hydrogen) atoms. The standard InChI is InChI=1S/C32H52N2/c1-3-5-7-9-11-13-15-17-19-22-29-26-27-31(33-28-29)32-25-21-24-30(34-32)23-20-18-16-14-12-10-8-6-4-2/h21,24-28H,3-20,22-23H2,1-2H3. The summed E-state index contributed by atoms with van der Waals surface area (Å²) in [7, 11) is 0. The minimum Gasteiger partial charge on any atom is -0.254 e. The van der Waals surface area contributed by atoms with Crippen LogP contribution >= 0.6 is 0 Å². The Labute approximate surface area is 211 Å². The van der Waals surface area contributed by atoms with E-state index in [0.717, 1.165) is 24.2 Å². The summed E-state index contributed by atoms with van der Waals surface area (Å²) in [5, 5.41) is 0. The molecule has 0 aliphatic carbocycles. The van der Waals surface area contributed by atoms with E-state index in [1.54, 1.807) is 0 Å². The normalized spacial score (nSPS) is 11.2. The van der Waals surface area contributed by atoms with Crippen LogP contribution in [0.25, 0.3) is 11.4 Å². The fraction of sp³-hybridized carbons (Fsp3) is 0.688. The number of unbranched alkanes of at least 4 members (excludes halogenated alkanes) is 16. The average Bonchev–Trinajstić information content (AvgIpc) is 2.87. The van der Waals surface area contributed by atoms with Crippen molar-refractivity contribution < 1.29 is 0 Å². The van der Waals surface area contributed by atoms with Gasteiger partial charge >= 0.3 is 0 Å². The summed E-state index contributed by atoms with van der Waals surface area (Å²) in [5.74, 6) is 0. The van der Waals surface area contributed by atoms with E-state index >= 15 is 0 Å². The van der Waals surface area contributed by atoms with Crippen molar-refractivity contribution in [1.82, 2.24) is 9.97 Å². The Bertz CT molecular complexity index is 722. The van der Waals surface area contributed by atoms with Crippen LogP contribution in [-0.4, -0.2) is 9.97 Å². The summed E-state index contributed by atoms with van der Waals surface area (Å²) >= 11 is 0. The number of aryl methyl sites for hydroxylation is 2. The van der Waals surface area contributed by atoms with Crippen LogP contribution in [0.2, 0.25) is 0 Å². The molecule has 2 heteroatoms. The summed E-state index contributed by atoms with van der Waals surface area (Å²) in [4.78, 5) is 9.64. The van der Waals surface area contributed by atoms with E-state index in [4.69, 9.17) is 9.97 Å². The van der Waals surface area contributed by atoms with Crippen LogP contribution in [0.3, 0.4) is 0 Å². The average molecular weight is 465 g/mol. The third-order valence-corrected chi connectivity index (χ3v) is 7.00. The molecule has 0 aliphatic heterocycles. The predicted octanol–water partition coefficient (Wildman–Crippen LogP) is 10.3. The molecular formula is C32H52N2. The van der Waals surface area contributed by atoms with E-state index < -0.39 is 0 Å². The number of pyridine rings is 2. The van der Waals surface area contributed by atoms with Crippen LogP contribution in [0, 0.1) is 0 Å². The van der Waals surface area contributed by atoms with Gasteiger partial charge in [0, 0.05) is 11.9 Å². The van der Waals surface area contributed by atoms with E-state index in [2.05, 4.69) is 50.4 Å². The van der Waals surface area contributed by atoms with Gasteiger partial charge in [0.25, 0.3) is 0 Å². The van der Waals surface area contributed by atoms with Gasteiger partial charge < -0.3 is 0 Å². The predicted molar refractivity (Wildman–Crippen MR) is 149 cm³/mol. The molecule has 0 amide bonds. The highest BCUT2D eigenvalue weighted by Crippen LogP contribution is 2.18. The van der Waals surface area contributed by atoms with Crippen LogP contribution in [0.15, 0.2) is 36.5 Å². The van der Waals surface area contributed by atoms with Gasteiger partial charge in [-0.3, -0.25) is 9.97 Å². The topological polar surface area (TPSA) is 25.8 Å². The summed E-state index contributed by atoms with van der Waals surface area (Å²) in [6.07, 6.45) is 29.0. The lowest BCUT2D eigenvalue weighted by Gasteiger charge is -2.06. The molecule has 0 atom stereocenters. The molecule has 0 saturated heterocycles. The lowest BCUT2D eigenvalue weighted by Crippen LogP contribution is -1.95. The SMILES string of the molecule is CCCCCCCCCCCc1ccc(-c2cccc(CCCCCCCCCCC)n2)nc1. The zero-order valence-electron chi connectivity index (χ0n) is 22.5. The van der Waals surface area contributed by atoms with Crippen molar-refractivity contribution in [3.05, 3.63) is 47.8 Å². The van der Waals surface area contributed by atoms with Crippen molar-refractivity contribution in [2.75, 3.05) is 0 Å². The van der Waals surface area contributed by atoms with E-state index in [0.29, 0.717) is 0 Å². The highest BCUT2D eigenvalue weighted by molar-refractivity contribution is 5.54. The molecule has 0 bridgehead atoms. The largest absolute Gasteiger partial charge is 0.254 e. The fourth-order valence-corrected chi connectivity index (χ4v) is 4.74. The first-order valence-corrected chi connectivity index (χ1v) is 14.7. The molecule has 0 unspecified atom stereocenters. The lowest BCUT2D eigenvalue weighted by atomic mass is 10.0. The van der Waals surface area contributed by atoms with Gasteiger partial charge in [-0.05, 0) is 49.4 Å². The van der Waals surface area contributed by atoms with Gasteiger partial charge in [0.15, 0.2) is 0 Å². The molecule has 0 aromatic carbocycles. The quantitative estimate of drug-likeness (QED) is 0.172. The molecule has 0 radical (unpaired) electrons. The van der Waals surface area contributed by atoms with E-state index in [1.807, 2.05) is 0 Å². The molecule has 2 aromatic rings. The number of aromatic nitrogens is 2. The number of hydrogen-bond acceptors (Lipinski definition) is 2. The van der Waals surface area contributed by atoms with E-state index in [9.17, 15) is 0 Å². The Hall–Kier alpha value is -1.70. The van der Waals surface area contributed by atoms with Gasteiger partial charge in [-0.1, -0.05) is 129 Å². The van der Waals surface area contributed by atoms with Gasteiger partial charge in [-0.15, -0.1) is 0 Å². The third kappa shape index (κ3) is 13.3. The molecular weight excluding hydrogens is 412 g/mol. The van der Waals surface area contributed by atoms with Crippen molar-refractivity contribution in [2.24, 2.45) is 0 Å². The minimum absolute atomic E-state index is 1.00. The number of nitrogens with zero attached hydrogens (tertiary/aromatic N) is 2. The zero-order valence-corrected chi connectivity index (χ0v) is 22.5. The first kappa shape index (κ1) is 28.5. The maximum Gasteiger partial charge on any atom is 0.0889 e. The summed E-state index contributed by atoms with van der Waals surface area (Å²) in [5.41, 5.74) is 4.59. The zero-order chi connectivity index (χ0) is 24.1. The molecule has 2 aromatic heterocycles. The van der Waals surface area contributed by atoms with Gasteiger partial charge in [-0.25, -0.2) is 0 Å². The van der Waals surface area contributed by atoms with Crippen LogP contribution in [0.1, 0.15) is 141 Å². The summed E-state index contributed by atoms with van der Waals surface area (Å²) in [6, 6.07) is 10.8. The monoisotopic (exact) mass is 464 g/mol. The Kier molecular flexibility index (Phi) is 16.4. The molecule has 0 spiro atoms. The minimum atomic E-state index is 1.00. The van der Waals surface area contributed by atoms with Gasteiger partial charge in [-0.2, -0.15) is 0 Å². The van der Waals surface area contributed by atoms with E-state index in [1.165, 1.54) is 127 Å². The number of rotatable bonds is 21. The van der Waals surface area contributed by atoms with Crippen molar-refractivity contribution >= 4 is 0 Å². The second-order valence-corrected chi connectivity index (χ2v) is 10.2. The number of hydrogen-bond donors (Lipinski definition) is 0. The maximum atomic E-state index is 4.90. The Morgan fingerprint density at radius 1 is 0.500 bits per heavy atom. The van der Waals surface area contributed by atoms with Crippen molar-refractivity contribution in [3.63, 3.8) is 0 Å². The second-order valence-electron chi connectivity index (χ2n) is 10.2. The van der Waals surface area contributed by atoms with Gasteiger partial charge in [0.1, 0.15) is 0 Å². The second kappa shape index (κ2) is 19.6. The first-order chi connectivity index (χ1) is 16.8. The molecule has 0 fully saturated rings. The van der Waals surface area contributed by atoms with Gasteiger partial charge in [0.2, 0.25) is 0 Å².